The molecule has 4 atom stereocenters. The third-order valence-corrected chi connectivity index (χ3v) is 9.36. The van der Waals surface area contributed by atoms with Crippen LogP contribution in [-0.2, 0) is 15.0 Å². The van der Waals surface area contributed by atoms with E-state index >= 15 is 0 Å². The van der Waals surface area contributed by atoms with Gasteiger partial charge in [0.15, 0.2) is 6.61 Å². The Hall–Kier alpha value is -3.91. The van der Waals surface area contributed by atoms with Gasteiger partial charge in [-0.05, 0) is 42.3 Å². The van der Waals surface area contributed by atoms with E-state index in [4.69, 9.17) is 4.74 Å². The lowest BCUT2D eigenvalue weighted by molar-refractivity contribution is -0.934. The number of ether oxygens (including phenoxy) is 1. The monoisotopic (exact) mass is 498 g/mol. The SMILES string of the molecule is C/C=C1/C[N+]2(CC(=O)c3ccc4c(c3)NC(=O)CO4)CC[C@]34C(=C(C=O)[C@H]1C[C@@H]32)Nc1c(O)cccc14. The molecule has 0 radical (unpaired) electrons. The first kappa shape index (κ1) is 22.3. The van der Waals surface area contributed by atoms with Crippen LogP contribution in [0.4, 0.5) is 11.4 Å². The molecule has 0 aromatic heterocycles. The van der Waals surface area contributed by atoms with Crippen LogP contribution in [-0.4, -0.2) is 59.8 Å². The van der Waals surface area contributed by atoms with Gasteiger partial charge in [-0.3, -0.25) is 14.4 Å². The van der Waals surface area contributed by atoms with Crippen molar-refractivity contribution < 1.29 is 28.7 Å². The quantitative estimate of drug-likeness (QED) is 0.197. The van der Waals surface area contributed by atoms with Crippen LogP contribution in [0.1, 0.15) is 35.7 Å². The Balaban J connectivity index is 1.33. The number of nitrogens with zero attached hydrogens (tertiary/aromatic N) is 1. The Morgan fingerprint density at radius 2 is 2.14 bits per heavy atom. The molecule has 7 rings (SSSR count). The van der Waals surface area contributed by atoms with E-state index < -0.39 is 5.41 Å². The molecular weight excluding hydrogens is 470 g/mol. The summed E-state index contributed by atoms with van der Waals surface area (Å²) in [5.74, 6) is 0.539. The number of fused-ring (bicyclic) bond motifs is 3. The van der Waals surface area contributed by atoms with Crippen LogP contribution >= 0.6 is 0 Å². The minimum atomic E-state index is -0.433. The standard InChI is InChI=1S/C29H27N3O5/c1-2-16-12-32(13-23(35)17-6-7-24-21(10-17)30-26(36)15-37-24)9-8-29-20-4-3-5-22(34)27(20)31-28(29)19(14-33)18(16)11-25(29)32/h2-7,10,14,18,25H,8-9,11-13,15H2,1H3,(H2-,30,31,33,34,36)/p+1/b16-2-/t18-,25-,29+,32?/m0/s1. The topological polar surface area (TPSA) is 105 Å². The zero-order valence-corrected chi connectivity index (χ0v) is 20.5. The summed E-state index contributed by atoms with van der Waals surface area (Å²) in [5.41, 5.74) is 5.20. The highest BCUT2D eigenvalue weighted by Gasteiger charge is 2.69. The van der Waals surface area contributed by atoms with Crippen LogP contribution in [0.25, 0.3) is 0 Å². The Morgan fingerprint density at radius 3 is 2.95 bits per heavy atom. The second-order valence-electron chi connectivity index (χ2n) is 10.9. The number of phenols is 1. The summed E-state index contributed by atoms with van der Waals surface area (Å²) >= 11 is 0. The van der Waals surface area contributed by atoms with Crippen molar-refractivity contribution in [3.05, 3.63) is 70.4 Å². The van der Waals surface area contributed by atoms with E-state index in [0.29, 0.717) is 40.3 Å². The number of quaternary nitrogens is 1. The minimum absolute atomic E-state index is 0.00939. The van der Waals surface area contributed by atoms with Gasteiger partial charge in [-0.15, -0.1) is 0 Å². The molecule has 188 valence electrons. The van der Waals surface area contributed by atoms with E-state index in [1.807, 2.05) is 13.0 Å². The summed E-state index contributed by atoms with van der Waals surface area (Å²) in [5, 5.41) is 16.9. The van der Waals surface area contributed by atoms with Gasteiger partial charge in [0.25, 0.3) is 5.91 Å². The van der Waals surface area contributed by atoms with Gasteiger partial charge >= 0.3 is 0 Å². The fraction of sp³-hybridized carbons (Fsp3) is 0.345. The van der Waals surface area contributed by atoms with E-state index in [-0.39, 0.29) is 36.0 Å². The zero-order valence-electron chi connectivity index (χ0n) is 20.5. The zero-order chi connectivity index (χ0) is 25.5. The van der Waals surface area contributed by atoms with Gasteiger partial charge in [-0.1, -0.05) is 18.2 Å². The van der Waals surface area contributed by atoms with E-state index in [1.165, 1.54) is 5.57 Å². The number of aldehydes is 1. The molecule has 2 saturated heterocycles. The van der Waals surface area contributed by atoms with E-state index in [1.54, 1.807) is 24.3 Å². The molecule has 37 heavy (non-hydrogen) atoms. The lowest BCUT2D eigenvalue weighted by Crippen LogP contribution is -2.64. The number of phenolic OH excluding ortho intramolecular Hbond substituents is 1. The van der Waals surface area contributed by atoms with Crippen molar-refractivity contribution in [3.63, 3.8) is 0 Å². The van der Waals surface area contributed by atoms with E-state index in [2.05, 4.69) is 22.8 Å². The van der Waals surface area contributed by atoms with Gasteiger partial charge in [0, 0.05) is 35.6 Å². The summed E-state index contributed by atoms with van der Waals surface area (Å²) in [6.45, 7) is 3.80. The number of carbonyl (C=O) groups excluding carboxylic acids is 3. The molecule has 8 heteroatoms. The van der Waals surface area contributed by atoms with Crippen molar-refractivity contribution in [2.45, 2.75) is 31.2 Å². The Kier molecular flexibility index (Phi) is 4.55. The van der Waals surface area contributed by atoms with Crippen LogP contribution < -0.4 is 15.4 Å². The smallest absolute Gasteiger partial charge is 0.262 e. The average molecular weight is 499 g/mol. The Morgan fingerprint density at radius 1 is 1.27 bits per heavy atom. The largest absolute Gasteiger partial charge is 0.506 e. The third kappa shape index (κ3) is 2.84. The van der Waals surface area contributed by atoms with E-state index in [0.717, 1.165) is 42.5 Å². The number of hydrogen-bond acceptors (Lipinski definition) is 6. The Labute approximate surface area is 214 Å². The first-order valence-corrected chi connectivity index (χ1v) is 12.8. The van der Waals surface area contributed by atoms with Gasteiger partial charge in [0.2, 0.25) is 5.78 Å². The van der Waals surface area contributed by atoms with E-state index in [9.17, 15) is 19.5 Å². The molecular formula is C29H28N3O5+. The number of aromatic hydroxyl groups is 1. The van der Waals surface area contributed by atoms with Crippen molar-refractivity contribution in [1.29, 1.82) is 0 Å². The van der Waals surface area contributed by atoms with Gasteiger partial charge in [0.1, 0.15) is 36.9 Å². The summed E-state index contributed by atoms with van der Waals surface area (Å²) in [7, 11) is 0. The fourth-order valence-electron chi connectivity index (χ4n) is 7.81. The molecule has 2 bridgehead atoms. The maximum atomic E-state index is 13.8. The van der Waals surface area contributed by atoms with Gasteiger partial charge in [-0.2, -0.15) is 0 Å². The molecule has 1 unspecified atom stereocenters. The molecule has 2 fully saturated rings. The second-order valence-corrected chi connectivity index (χ2v) is 10.9. The van der Waals surface area contributed by atoms with Gasteiger partial charge in [-0.25, -0.2) is 0 Å². The van der Waals surface area contributed by atoms with Gasteiger partial charge < -0.3 is 25.0 Å². The first-order chi connectivity index (χ1) is 17.9. The highest BCUT2D eigenvalue weighted by Crippen LogP contribution is 2.64. The third-order valence-electron chi connectivity index (χ3n) is 9.36. The van der Waals surface area contributed by atoms with Crippen LogP contribution in [0.5, 0.6) is 11.5 Å². The average Bonchev–Trinajstić information content (AvgIpc) is 3.43. The first-order valence-electron chi connectivity index (χ1n) is 12.8. The number of ketones is 1. The Bertz CT molecular complexity index is 1480. The van der Waals surface area contributed by atoms with Crippen molar-refractivity contribution in [3.8, 4) is 11.5 Å². The number of hydrogen-bond donors (Lipinski definition) is 3. The van der Waals surface area contributed by atoms with Crippen molar-refractivity contribution >= 4 is 29.4 Å². The number of piperidine rings is 1. The number of carbonyl (C=O) groups is 3. The summed E-state index contributed by atoms with van der Waals surface area (Å²) < 4.78 is 6.08. The predicted molar refractivity (Wildman–Crippen MR) is 137 cm³/mol. The number of nitrogens with one attached hydrogen (secondary N) is 2. The molecule has 0 saturated carbocycles. The number of para-hydroxylation sites is 1. The van der Waals surface area contributed by atoms with Crippen molar-refractivity contribution in [2.75, 3.05) is 36.9 Å². The number of anilines is 2. The van der Waals surface area contributed by atoms with Crippen molar-refractivity contribution in [1.82, 2.24) is 0 Å². The summed E-state index contributed by atoms with van der Waals surface area (Å²) in [6.07, 6.45) is 4.67. The lowest BCUT2D eigenvalue weighted by Gasteiger charge is -2.53. The van der Waals surface area contributed by atoms with Crippen LogP contribution in [0, 0.1) is 5.92 Å². The fourth-order valence-corrected chi connectivity index (χ4v) is 7.81. The van der Waals surface area contributed by atoms with Crippen molar-refractivity contribution in [2.24, 2.45) is 5.92 Å². The van der Waals surface area contributed by atoms with Crippen LogP contribution in [0.2, 0.25) is 0 Å². The molecule has 2 aromatic carbocycles. The van der Waals surface area contributed by atoms with Gasteiger partial charge in [0.05, 0.1) is 23.3 Å². The maximum absolute atomic E-state index is 13.8. The highest BCUT2D eigenvalue weighted by molar-refractivity contribution is 6.01. The molecule has 1 aliphatic carbocycles. The molecule has 2 aromatic rings. The predicted octanol–water partition coefficient (Wildman–Crippen LogP) is 3.29. The number of allylic oxidation sites excluding steroid dienone is 2. The highest BCUT2D eigenvalue weighted by atomic mass is 16.5. The maximum Gasteiger partial charge on any atom is 0.262 e. The molecule has 1 spiro atoms. The number of rotatable bonds is 4. The van der Waals surface area contributed by atoms with Crippen LogP contribution in [0.15, 0.2) is 59.3 Å². The molecule has 1 amide bonds. The second kappa shape index (κ2) is 7.55. The normalized spacial score (nSPS) is 31.6. The molecule has 4 heterocycles. The summed E-state index contributed by atoms with van der Waals surface area (Å²) in [6, 6.07) is 10.9. The number of Topliss-reactive ketones (excluding diaryl/α,β-unsaturated/α-hetero) is 1. The number of benzene rings is 2. The lowest BCUT2D eigenvalue weighted by atomic mass is 9.61. The summed E-state index contributed by atoms with van der Waals surface area (Å²) in [4.78, 5) is 38.1. The number of amides is 1. The molecule has 4 aliphatic heterocycles. The minimum Gasteiger partial charge on any atom is -0.506 e. The molecule has 8 nitrogen and oxygen atoms in total. The molecule has 3 N–H and O–H groups in total. The van der Waals surface area contributed by atoms with Crippen LogP contribution in [0.3, 0.4) is 0 Å². The molecule has 5 aliphatic rings.